The van der Waals surface area contributed by atoms with Gasteiger partial charge in [-0.1, -0.05) is 5.16 Å². The van der Waals surface area contributed by atoms with Crippen molar-refractivity contribution in [3.05, 3.63) is 35.3 Å². The molecule has 0 spiro atoms. The smallest absolute Gasteiger partial charge is 0.229 e. The Balaban J connectivity index is 2.64. The monoisotopic (exact) mass is 206 g/mol. The maximum absolute atomic E-state index is 13.2. The van der Waals surface area contributed by atoms with Crippen molar-refractivity contribution < 1.29 is 8.91 Å². The van der Waals surface area contributed by atoms with Crippen molar-refractivity contribution in [2.24, 2.45) is 0 Å². The molecular weight excluding hydrogens is 195 g/mol. The molecule has 2 aromatic rings. The minimum absolute atomic E-state index is 0.216. The Hall–Kier alpha value is -1.84. The summed E-state index contributed by atoms with van der Waals surface area (Å²) in [7, 11) is 0. The van der Waals surface area contributed by atoms with Gasteiger partial charge in [0.1, 0.15) is 5.82 Å². The molecule has 0 saturated carbocycles. The summed E-state index contributed by atoms with van der Waals surface area (Å²) in [5.74, 6) is 0.0374. The predicted molar refractivity (Wildman–Crippen MR) is 55.8 cm³/mol. The fourth-order valence-corrected chi connectivity index (χ4v) is 1.52. The summed E-state index contributed by atoms with van der Waals surface area (Å²) < 4.78 is 18.0. The van der Waals surface area contributed by atoms with Gasteiger partial charge in [-0.15, -0.1) is 0 Å². The first-order chi connectivity index (χ1) is 7.09. The number of rotatable bonds is 1. The van der Waals surface area contributed by atoms with Crippen LogP contribution in [0.5, 0.6) is 0 Å². The number of anilines is 1. The van der Waals surface area contributed by atoms with E-state index in [1.165, 1.54) is 12.3 Å². The zero-order valence-corrected chi connectivity index (χ0v) is 8.54. The topological polar surface area (TPSA) is 52.0 Å². The molecule has 0 aliphatic rings. The van der Waals surface area contributed by atoms with E-state index >= 15 is 0 Å². The van der Waals surface area contributed by atoms with Crippen LogP contribution >= 0.6 is 0 Å². The van der Waals surface area contributed by atoms with Gasteiger partial charge in [-0.2, -0.15) is 0 Å². The molecule has 15 heavy (non-hydrogen) atoms. The first-order valence-corrected chi connectivity index (χ1v) is 4.57. The van der Waals surface area contributed by atoms with Gasteiger partial charge in [-0.25, -0.2) is 4.39 Å². The molecule has 4 heteroatoms. The minimum atomic E-state index is -0.216. The highest BCUT2D eigenvalue weighted by molar-refractivity contribution is 5.75. The van der Waals surface area contributed by atoms with Crippen LogP contribution in [-0.2, 0) is 0 Å². The molecule has 0 aliphatic carbocycles. The lowest BCUT2D eigenvalue weighted by Crippen LogP contribution is -1.91. The molecule has 3 nitrogen and oxygen atoms in total. The highest BCUT2D eigenvalue weighted by Gasteiger charge is 2.11. The zero-order valence-electron chi connectivity index (χ0n) is 8.54. The summed E-state index contributed by atoms with van der Waals surface area (Å²) >= 11 is 0. The zero-order chi connectivity index (χ0) is 11.0. The number of aryl methyl sites for hydroxylation is 2. The summed E-state index contributed by atoms with van der Waals surface area (Å²) in [6.45, 7) is 3.53. The van der Waals surface area contributed by atoms with Gasteiger partial charge in [0.25, 0.3) is 0 Å². The molecule has 0 amide bonds. The minimum Gasteiger partial charge on any atom is -0.367 e. The van der Waals surface area contributed by atoms with Crippen molar-refractivity contribution >= 4 is 5.88 Å². The number of nitrogens with zero attached hydrogens (tertiary/aromatic N) is 1. The van der Waals surface area contributed by atoms with Gasteiger partial charge >= 0.3 is 0 Å². The van der Waals surface area contributed by atoms with Crippen LogP contribution in [0.25, 0.3) is 11.1 Å². The van der Waals surface area contributed by atoms with Crippen LogP contribution in [0.15, 0.2) is 22.9 Å². The molecule has 1 heterocycles. The van der Waals surface area contributed by atoms with Crippen LogP contribution < -0.4 is 5.73 Å². The number of halogens is 1. The summed E-state index contributed by atoms with van der Waals surface area (Å²) in [5, 5.41) is 3.60. The molecule has 1 aromatic carbocycles. The Labute approximate surface area is 86.7 Å². The third-order valence-corrected chi connectivity index (χ3v) is 2.39. The van der Waals surface area contributed by atoms with Crippen LogP contribution in [0.1, 0.15) is 11.1 Å². The standard InChI is InChI=1S/C11H11FN2O/c1-6-4-10(12)7(2)3-8(6)9-5-14-15-11(9)13/h3-5H,13H2,1-2H3. The van der Waals surface area contributed by atoms with Crippen molar-refractivity contribution in [1.82, 2.24) is 5.16 Å². The molecule has 0 bridgehead atoms. The van der Waals surface area contributed by atoms with Crippen molar-refractivity contribution in [1.29, 1.82) is 0 Å². The highest BCUT2D eigenvalue weighted by Crippen LogP contribution is 2.29. The average Bonchev–Trinajstić information content (AvgIpc) is 2.58. The van der Waals surface area contributed by atoms with Gasteiger partial charge in [0.15, 0.2) is 0 Å². The molecule has 2 rings (SSSR count). The van der Waals surface area contributed by atoms with Crippen LogP contribution in [-0.4, -0.2) is 5.16 Å². The lowest BCUT2D eigenvalue weighted by molar-refractivity contribution is 0.436. The maximum Gasteiger partial charge on any atom is 0.229 e. The number of benzene rings is 1. The first-order valence-electron chi connectivity index (χ1n) is 4.57. The molecule has 0 unspecified atom stereocenters. The fraction of sp³-hybridized carbons (Fsp3) is 0.182. The molecular formula is C11H11FN2O. The number of nitrogen functional groups attached to an aromatic ring is 1. The van der Waals surface area contributed by atoms with E-state index in [1.54, 1.807) is 13.0 Å². The van der Waals surface area contributed by atoms with E-state index in [2.05, 4.69) is 5.16 Å². The Bertz CT molecular complexity index is 505. The van der Waals surface area contributed by atoms with Gasteiger partial charge in [0.2, 0.25) is 5.88 Å². The summed E-state index contributed by atoms with van der Waals surface area (Å²) in [5.41, 5.74) is 8.56. The number of hydrogen-bond donors (Lipinski definition) is 1. The Morgan fingerprint density at radius 2 is 1.93 bits per heavy atom. The first kappa shape index (κ1) is 9.71. The second-order valence-corrected chi connectivity index (χ2v) is 3.52. The molecule has 0 saturated heterocycles. The molecule has 78 valence electrons. The van der Waals surface area contributed by atoms with Gasteiger partial charge in [-0.3, -0.25) is 0 Å². The molecule has 1 aromatic heterocycles. The second-order valence-electron chi connectivity index (χ2n) is 3.52. The molecule has 0 fully saturated rings. The summed E-state index contributed by atoms with van der Waals surface area (Å²) in [6, 6.07) is 3.23. The highest BCUT2D eigenvalue weighted by atomic mass is 19.1. The Morgan fingerprint density at radius 3 is 2.53 bits per heavy atom. The van der Waals surface area contributed by atoms with E-state index in [9.17, 15) is 4.39 Å². The van der Waals surface area contributed by atoms with E-state index in [1.807, 2.05) is 6.92 Å². The van der Waals surface area contributed by atoms with Gasteiger partial charge in [0.05, 0.1) is 11.8 Å². The number of nitrogens with two attached hydrogens (primary N) is 1. The Morgan fingerprint density at radius 1 is 1.20 bits per heavy atom. The largest absolute Gasteiger partial charge is 0.367 e. The summed E-state index contributed by atoms with van der Waals surface area (Å²) in [6.07, 6.45) is 1.54. The molecule has 0 aliphatic heterocycles. The number of hydrogen-bond acceptors (Lipinski definition) is 3. The van der Waals surface area contributed by atoms with Crippen molar-refractivity contribution in [2.45, 2.75) is 13.8 Å². The van der Waals surface area contributed by atoms with Crippen molar-refractivity contribution in [3.63, 3.8) is 0 Å². The van der Waals surface area contributed by atoms with E-state index < -0.39 is 0 Å². The van der Waals surface area contributed by atoms with Crippen LogP contribution in [0, 0.1) is 19.7 Å². The molecule has 0 radical (unpaired) electrons. The lowest BCUT2D eigenvalue weighted by Gasteiger charge is -2.06. The number of aromatic nitrogens is 1. The third-order valence-electron chi connectivity index (χ3n) is 2.39. The van der Waals surface area contributed by atoms with Crippen LogP contribution in [0.4, 0.5) is 10.3 Å². The fourth-order valence-electron chi connectivity index (χ4n) is 1.52. The van der Waals surface area contributed by atoms with Gasteiger partial charge < -0.3 is 10.3 Å². The van der Waals surface area contributed by atoms with Gasteiger partial charge in [0, 0.05) is 0 Å². The SMILES string of the molecule is Cc1cc(-c2cnoc2N)c(C)cc1F. The van der Waals surface area contributed by atoms with E-state index in [0.29, 0.717) is 11.1 Å². The predicted octanol–water partition coefficient (Wildman–Crippen LogP) is 2.68. The second kappa shape index (κ2) is 3.38. The molecule has 2 N–H and O–H groups in total. The summed E-state index contributed by atoms with van der Waals surface area (Å²) in [4.78, 5) is 0. The van der Waals surface area contributed by atoms with Gasteiger partial charge in [-0.05, 0) is 42.7 Å². The van der Waals surface area contributed by atoms with Crippen molar-refractivity contribution in [3.8, 4) is 11.1 Å². The average molecular weight is 206 g/mol. The third kappa shape index (κ3) is 1.58. The van der Waals surface area contributed by atoms with E-state index in [4.69, 9.17) is 10.3 Å². The maximum atomic E-state index is 13.2. The quantitative estimate of drug-likeness (QED) is 0.780. The van der Waals surface area contributed by atoms with Crippen LogP contribution in [0.2, 0.25) is 0 Å². The lowest BCUT2D eigenvalue weighted by atomic mass is 10.0. The van der Waals surface area contributed by atoms with Crippen molar-refractivity contribution in [2.75, 3.05) is 5.73 Å². The van der Waals surface area contributed by atoms with Crippen LogP contribution in [0.3, 0.4) is 0 Å². The Kier molecular flexibility index (Phi) is 2.19. The molecule has 0 atom stereocenters. The normalized spacial score (nSPS) is 10.6. The van der Waals surface area contributed by atoms with E-state index in [-0.39, 0.29) is 11.7 Å². The van der Waals surface area contributed by atoms with E-state index in [0.717, 1.165) is 11.1 Å².